The number of aromatic nitrogens is 3. The average molecular weight is 496 g/mol. The molecule has 3 amide bonds. The Hall–Kier alpha value is -4.19. The lowest BCUT2D eigenvalue weighted by Gasteiger charge is -2.24. The molecule has 3 heterocycles. The minimum atomic E-state index is -1.21. The smallest absolute Gasteiger partial charge is 0.322 e. The van der Waals surface area contributed by atoms with Gasteiger partial charge in [0.1, 0.15) is 18.6 Å². The molecule has 0 spiro atoms. The Morgan fingerprint density at radius 1 is 1.06 bits per heavy atom. The Kier molecular flexibility index (Phi) is 7.95. The first-order valence-electron chi connectivity index (χ1n) is 11.8. The van der Waals surface area contributed by atoms with Crippen molar-refractivity contribution in [3.05, 3.63) is 54.2 Å². The third-order valence-corrected chi connectivity index (χ3v) is 6.13. The van der Waals surface area contributed by atoms with Crippen LogP contribution in [0.15, 0.2) is 43.0 Å². The zero-order valence-corrected chi connectivity index (χ0v) is 19.5. The molecule has 1 aliphatic rings. The van der Waals surface area contributed by atoms with Crippen LogP contribution >= 0.6 is 0 Å². The average Bonchev–Trinajstić information content (AvgIpc) is 3.64. The number of H-pyrrole nitrogens is 2. The second-order valence-electron chi connectivity index (χ2n) is 8.73. The van der Waals surface area contributed by atoms with Crippen LogP contribution in [0.2, 0.25) is 0 Å². The monoisotopic (exact) mass is 495 g/mol. The maximum absolute atomic E-state index is 13.5. The van der Waals surface area contributed by atoms with Crippen LogP contribution in [0.4, 0.5) is 0 Å². The lowest BCUT2D eigenvalue weighted by atomic mass is 10.0. The van der Waals surface area contributed by atoms with Gasteiger partial charge in [0.2, 0.25) is 17.7 Å². The van der Waals surface area contributed by atoms with E-state index in [1.807, 2.05) is 24.3 Å². The van der Waals surface area contributed by atoms with Crippen molar-refractivity contribution in [2.45, 2.75) is 43.8 Å². The highest BCUT2D eigenvalue weighted by molar-refractivity contribution is 5.94. The second-order valence-corrected chi connectivity index (χ2v) is 8.73. The number of benzene rings is 1. The molecule has 1 aromatic carbocycles. The number of carbonyl (C=O) groups excluding carboxylic acids is 3. The fraction of sp³-hybridized carbons (Fsp3) is 0.375. The van der Waals surface area contributed by atoms with E-state index in [1.54, 1.807) is 6.20 Å². The van der Waals surface area contributed by atoms with Gasteiger partial charge in [-0.1, -0.05) is 18.2 Å². The van der Waals surface area contributed by atoms with Crippen LogP contribution < -0.4 is 21.3 Å². The summed E-state index contributed by atoms with van der Waals surface area (Å²) in [6.07, 6.45) is 6.56. The summed E-state index contributed by atoms with van der Waals surface area (Å²) in [6.45, 7) is 0.143. The van der Waals surface area contributed by atoms with E-state index in [0.717, 1.165) is 29.4 Å². The molecule has 4 rings (SSSR count). The molecule has 3 unspecified atom stereocenters. The minimum absolute atomic E-state index is 0.0646. The van der Waals surface area contributed by atoms with E-state index < -0.39 is 36.4 Å². The SMILES string of the molecule is O=C(O)CNC(=O)C(Cc1cnc[nH]1)NC(=O)C(Cc1c[nH]c2ccccc12)NC(=O)C1CCCN1. The Labute approximate surface area is 206 Å². The van der Waals surface area contributed by atoms with E-state index in [2.05, 4.69) is 36.2 Å². The maximum atomic E-state index is 13.5. The van der Waals surface area contributed by atoms with E-state index in [9.17, 15) is 19.2 Å². The number of hydrogen-bond acceptors (Lipinski definition) is 6. The number of aromatic amines is 2. The number of nitrogens with one attached hydrogen (secondary N) is 6. The number of fused-ring (bicyclic) bond motifs is 1. The van der Waals surface area contributed by atoms with E-state index in [4.69, 9.17) is 5.11 Å². The molecular weight excluding hydrogens is 466 g/mol. The topological polar surface area (TPSA) is 181 Å². The number of imidazole rings is 1. The molecule has 0 aliphatic carbocycles. The molecular formula is C24H29N7O5. The third-order valence-electron chi connectivity index (χ3n) is 6.13. The van der Waals surface area contributed by atoms with E-state index in [-0.39, 0.29) is 24.8 Å². The lowest BCUT2D eigenvalue weighted by Crippen LogP contribution is -2.57. The molecule has 12 nitrogen and oxygen atoms in total. The molecule has 12 heteroatoms. The molecule has 190 valence electrons. The van der Waals surface area contributed by atoms with Crippen LogP contribution in [0.3, 0.4) is 0 Å². The van der Waals surface area contributed by atoms with Gasteiger partial charge in [0.05, 0.1) is 12.4 Å². The first-order valence-corrected chi connectivity index (χ1v) is 11.8. The summed E-state index contributed by atoms with van der Waals surface area (Å²) in [7, 11) is 0. The highest BCUT2D eigenvalue weighted by atomic mass is 16.4. The molecule has 7 N–H and O–H groups in total. The number of amides is 3. The Morgan fingerprint density at radius 2 is 1.86 bits per heavy atom. The molecule has 2 aromatic heterocycles. The Morgan fingerprint density at radius 3 is 2.58 bits per heavy atom. The van der Waals surface area contributed by atoms with Gasteiger partial charge < -0.3 is 36.3 Å². The largest absolute Gasteiger partial charge is 0.480 e. The number of carboxylic acid groups (broad SMARTS) is 1. The summed E-state index contributed by atoms with van der Waals surface area (Å²) >= 11 is 0. The van der Waals surface area contributed by atoms with Crippen LogP contribution in [0, 0.1) is 0 Å². The number of para-hydroxylation sites is 1. The number of carboxylic acids is 1. The quantitative estimate of drug-likeness (QED) is 0.189. The van der Waals surface area contributed by atoms with Gasteiger partial charge in [-0.25, -0.2) is 4.98 Å². The van der Waals surface area contributed by atoms with Gasteiger partial charge in [0.15, 0.2) is 0 Å². The summed E-state index contributed by atoms with van der Waals surface area (Å²) in [6, 6.07) is 5.21. The fourth-order valence-corrected chi connectivity index (χ4v) is 4.29. The lowest BCUT2D eigenvalue weighted by molar-refractivity contribution is -0.138. The molecule has 0 bridgehead atoms. The molecule has 0 radical (unpaired) electrons. The first-order chi connectivity index (χ1) is 17.4. The van der Waals surface area contributed by atoms with Crippen LogP contribution in [-0.2, 0) is 32.0 Å². The van der Waals surface area contributed by atoms with Gasteiger partial charge in [-0.2, -0.15) is 0 Å². The molecule has 0 saturated carbocycles. The van der Waals surface area contributed by atoms with Gasteiger partial charge in [-0.15, -0.1) is 0 Å². The van der Waals surface area contributed by atoms with Crippen molar-refractivity contribution in [3.63, 3.8) is 0 Å². The van der Waals surface area contributed by atoms with Gasteiger partial charge in [0.25, 0.3) is 0 Å². The van der Waals surface area contributed by atoms with Gasteiger partial charge >= 0.3 is 5.97 Å². The highest BCUT2D eigenvalue weighted by Gasteiger charge is 2.31. The standard InChI is InChI=1S/C24H29N7O5/c32-21(33)12-28-22(34)20(9-15-11-25-13-29-15)31-24(36)19(30-23(35)18-6-3-7-26-18)8-14-10-27-17-5-2-1-4-16(14)17/h1-2,4-5,10-11,13,18-20,26-27H,3,6-9,12H2,(H,25,29)(H,28,34)(H,30,35)(H,31,36)(H,32,33). The van der Waals surface area contributed by atoms with Crippen LogP contribution in [0.5, 0.6) is 0 Å². The Balaban J connectivity index is 1.54. The van der Waals surface area contributed by atoms with Crippen LogP contribution in [0.25, 0.3) is 10.9 Å². The number of aliphatic carboxylic acids is 1. The zero-order chi connectivity index (χ0) is 25.5. The van der Waals surface area contributed by atoms with Crippen LogP contribution in [0.1, 0.15) is 24.1 Å². The van der Waals surface area contributed by atoms with E-state index in [1.165, 1.54) is 12.5 Å². The van der Waals surface area contributed by atoms with Crippen molar-refractivity contribution >= 4 is 34.6 Å². The second kappa shape index (κ2) is 11.5. The van der Waals surface area contributed by atoms with Gasteiger partial charge in [-0.05, 0) is 31.0 Å². The molecule has 1 saturated heterocycles. The van der Waals surface area contributed by atoms with Crippen LogP contribution in [-0.4, -0.2) is 75.0 Å². The minimum Gasteiger partial charge on any atom is -0.480 e. The Bertz CT molecular complexity index is 1220. The maximum Gasteiger partial charge on any atom is 0.322 e. The predicted octanol–water partition coefficient (Wildman–Crippen LogP) is -0.401. The number of rotatable bonds is 11. The zero-order valence-electron chi connectivity index (χ0n) is 19.5. The normalized spacial score (nSPS) is 16.8. The third kappa shape index (κ3) is 6.27. The van der Waals surface area contributed by atoms with E-state index in [0.29, 0.717) is 12.1 Å². The predicted molar refractivity (Wildman–Crippen MR) is 130 cm³/mol. The summed E-state index contributed by atoms with van der Waals surface area (Å²) in [5.74, 6) is -2.70. The summed E-state index contributed by atoms with van der Waals surface area (Å²) in [4.78, 5) is 60.0. The number of carbonyl (C=O) groups is 4. The number of hydrogen-bond donors (Lipinski definition) is 7. The van der Waals surface area contributed by atoms with Gasteiger partial charge in [0, 0.05) is 41.8 Å². The summed E-state index contributed by atoms with van der Waals surface area (Å²) in [5.41, 5.74) is 2.32. The number of nitrogens with zero attached hydrogens (tertiary/aromatic N) is 1. The fourth-order valence-electron chi connectivity index (χ4n) is 4.29. The highest BCUT2D eigenvalue weighted by Crippen LogP contribution is 2.19. The van der Waals surface area contributed by atoms with Gasteiger partial charge in [-0.3, -0.25) is 19.2 Å². The molecule has 36 heavy (non-hydrogen) atoms. The molecule has 1 aliphatic heterocycles. The van der Waals surface area contributed by atoms with Crippen molar-refractivity contribution in [2.75, 3.05) is 13.1 Å². The first kappa shape index (κ1) is 24.9. The van der Waals surface area contributed by atoms with Crippen molar-refractivity contribution in [1.29, 1.82) is 0 Å². The van der Waals surface area contributed by atoms with Crippen molar-refractivity contribution in [2.24, 2.45) is 0 Å². The molecule has 1 fully saturated rings. The molecule has 3 atom stereocenters. The summed E-state index contributed by atoms with van der Waals surface area (Å²) < 4.78 is 0. The molecule has 3 aromatic rings. The summed E-state index contributed by atoms with van der Waals surface area (Å²) in [5, 5.41) is 20.8. The van der Waals surface area contributed by atoms with Crippen molar-refractivity contribution < 1.29 is 24.3 Å². The van der Waals surface area contributed by atoms with Crippen molar-refractivity contribution in [3.8, 4) is 0 Å². The van der Waals surface area contributed by atoms with Crippen molar-refractivity contribution in [1.82, 2.24) is 36.2 Å². The van der Waals surface area contributed by atoms with E-state index >= 15 is 0 Å².